The zero-order valence-corrected chi connectivity index (χ0v) is 17.4. The molecule has 1 aliphatic rings. The number of hydrogen-bond donors (Lipinski definition) is 1. The molecule has 1 aromatic carbocycles. The molecule has 3 aromatic rings. The molecule has 0 radical (unpaired) electrons. The van der Waals surface area contributed by atoms with Crippen LogP contribution >= 0.6 is 11.3 Å². The van der Waals surface area contributed by atoms with Gasteiger partial charge in [0.25, 0.3) is 5.91 Å². The fraction of sp³-hybridized carbons (Fsp3) is 0.238. The number of thiophene rings is 1. The number of nitrogens with one attached hydrogen (secondary N) is 1. The predicted octanol–water partition coefficient (Wildman–Crippen LogP) is 3.52. The van der Waals surface area contributed by atoms with Gasteiger partial charge in [-0.2, -0.15) is 4.31 Å². The van der Waals surface area contributed by atoms with Crippen molar-refractivity contribution in [2.45, 2.75) is 24.3 Å². The molecule has 3 heterocycles. The minimum absolute atomic E-state index is 0.225. The summed E-state index contributed by atoms with van der Waals surface area (Å²) >= 11 is 1.60. The van der Waals surface area contributed by atoms with Crippen molar-refractivity contribution in [1.29, 1.82) is 0 Å². The molecule has 6 nitrogen and oxygen atoms in total. The fourth-order valence-electron chi connectivity index (χ4n) is 3.35. The van der Waals surface area contributed by atoms with Crippen molar-refractivity contribution in [3.05, 3.63) is 71.2 Å². The summed E-state index contributed by atoms with van der Waals surface area (Å²) in [6, 6.07) is 13.9. The van der Waals surface area contributed by atoms with Crippen LogP contribution in [0.3, 0.4) is 0 Å². The first kappa shape index (κ1) is 19.8. The maximum Gasteiger partial charge on any atom is 0.251 e. The SMILES string of the molecule is O=C(NCc1cccnc1-c1cccs1)c1ccc(S(=O)(=O)N2CCCC2)cc1. The maximum absolute atomic E-state index is 12.6. The number of carbonyl (C=O) groups is 1. The van der Waals surface area contributed by atoms with Crippen molar-refractivity contribution in [3.8, 4) is 10.6 Å². The molecule has 1 fully saturated rings. The number of sulfonamides is 1. The van der Waals surface area contributed by atoms with Gasteiger partial charge in [0, 0.05) is 31.4 Å². The van der Waals surface area contributed by atoms with Crippen LogP contribution in [-0.2, 0) is 16.6 Å². The molecule has 4 rings (SSSR count). The summed E-state index contributed by atoms with van der Waals surface area (Å²) in [5, 5.41) is 4.89. The average Bonchev–Trinajstić information content (AvgIpc) is 3.47. The van der Waals surface area contributed by atoms with Crippen LogP contribution in [0, 0.1) is 0 Å². The molecular weight excluding hydrogens is 406 g/mol. The van der Waals surface area contributed by atoms with Crippen LogP contribution in [0.15, 0.2) is 65.0 Å². The molecule has 0 aliphatic carbocycles. The normalized spacial score (nSPS) is 14.8. The lowest BCUT2D eigenvalue weighted by molar-refractivity contribution is 0.0951. The first-order valence-electron chi connectivity index (χ1n) is 9.42. The van der Waals surface area contributed by atoms with Crippen LogP contribution in [0.5, 0.6) is 0 Å². The average molecular weight is 428 g/mol. The molecule has 8 heteroatoms. The quantitative estimate of drug-likeness (QED) is 0.653. The van der Waals surface area contributed by atoms with Gasteiger partial charge in [0.15, 0.2) is 0 Å². The van der Waals surface area contributed by atoms with E-state index in [0.29, 0.717) is 25.2 Å². The van der Waals surface area contributed by atoms with Crippen molar-refractivity contribution < 1.29 is 13.2 Å². The number of rotatable bonds is 6. The summed E-state index contributed by atoms with van der Waals surface area (Å²) in [5.74, 6) is -0.254. The molecule has 0 spiro atoms. The number of aromatic nitrogens is 1. The molecule has 0 unspecified atom stereocenters. The molecule has 1 N–H and O–H groups in total. The molecule has 0 saturated carbocycles. The highest BCUT2D eigenvalue weighted by Gasteiger charge is 2.27. The summed E-state index contributed by atoms with van der Waals surface area (Å²) in [6.45, 7) is 1.46. The van der Waals surface area contributed by atoms with E-state index < -0.39 is 10.0 Å². The Kier molecular flexibility index (Phi) is 5.75. The van der Waals surface area contributed by atoms with E-state index in [1.165, 1.54) is 16.4 Å². The minimum Gasteiger partial charge on any atom is -0.348 e. The van der Waals surface area contributed by atoms with Crippen molar-refractivity contribution >= 4 is 27.3 Å². The minimum atomic E-state index is -3.47. The van der Waals surface area contributed by atoms with Crippen LogP contribution in [0.25, 0.3) is 10.6 Å². The van der Waals surface area contributed by atoms with Crippen LogP contribution < -0.4 is 5.32 Å². The standard InChI is InChI=1S/C21H21N3O3S2/c25-21(23-15-17-5-3-11-22-20(17)19-6-4-14-28-19)16-7-9-18(10-8-16)29(26,27)24-12-1-2-13-24/h3-11,14H,1-2,12-13,15H2,(H,23,25). The third kappa shape index (κ3) is 4.24. The summed E-state index contributed by atoms with van der Waals surface area (Å²) in [4.78, 5) is 18.3. The van der Waals surface area contributed by atoms with Crippen molar-refractivity contribution in [1.82, 2.24) is 14.6 Å². The number of nitrogens with zero attached hydrogens (tertiary/aromatic N) is 2. The van der Waals surface area contributed by atoms with Crippen molar-refractivity contribution in [2.75, 3.05) is 13.1 Å². The summed E-state index contributed by atoms with van der Waals surface area (Å²) < 4.78 is 26.7. The second-order valence-electron chi connectivity index (χ2n) is 6.81. The number of benzene rings is 1. The Labute approximate surface area is 174 Å². The number of carbonyl (C=O) groups excluding carboxylic acids is 1. The van der Waals surface area contributed by atoms with Crippen LogP contribution in [0.4, 0.5) is 0 Å². The second-order valence-corrected chi connectivity index (χ2v) is 9.69. The highest BCUT2D eigenvalue weighted by molar-refractivity contribution is 7.89. The van der Waals surface area contributed by atoms with Gasteiger partial charge < -0.3 is 5.32 Å². The van der Waals surface area contributed by atoms with Gasteiger partial charge in [-0.25, -0.2) is 8.42 Å². The van der Waals surface area contributed by atoms with Crippen molar-refractivity contribution in [2.24, 2.45) is 0 Å². The second kappa shape index (κ2) is 8.44. The van der Waals surface area contributed by atoms with Gasteiger partial charge >= 0.3 is 0 Å². The largest absolute Gasteiger partial charge is 0.348 e. The zero-order chi connectivity index (χ0) is 20.3. The van der Waals surface area contributed by atoms with Crippen LogP contribution in [0.2, 0.25) is 0 Å². The van der Waals surface area contributed by atoms with Gasteiger partial charge in [-0.3, -0.25) is 9.78 Å². The van der Waals surface area contributed by atoms with E-state index in [1.54, 1.807) is 29.7 Å². The van der Waals surface area contributed by atoms with Gasteiger partial charge in [0.2, 0.25) is 10.0 Å². The smallest absolute Gasteiger partial charge is 0.251 e. The Morgan fingerprint density at radius 3 is 2.52 bits per heavy atom. The summed E-state index contributed by atoms with van der Waals surface area (Å²) in [5.41, 5.74) is 2.21. The molecule has 150 valence electrons. The van der Waals surface area contributed by atoms with Crippen molar-refractivity contribution in [3.63, 3.8) is 0 Å². The first-order chi connectivity index (χ1) is 14.1. The molecule has 29 heavy (non-hydrogen) atoms. The van der Waals surface area contributed by atoms with Crippen LogP contribution in [-0.4, -0.2) is 36.7 Å². The Bertz CT molecular complexity index is 1090. The Morgan fingerprint density at radius 2 is 1.83 bits per heavy atom. The number of amides is 1. The number of pyridine rings is 1. The van der Waals surface area contributed by atoms with Crippen LogP contribution in [0.1, 0.15) is 28.8 Å². The maximum atomic E-state index is 12.6. The van der Waals surface area contributed by atoms with Gasteiger partial charge in [-0.15, -0.1) is 11.3 Å². The molecule has 1 amide bonds. The topological polar surface area (TPSA) is 79.4 Å². The molecule has 0 atom stereocenters. The first-order valence-corrected chi connectivity index (χ1v) is 11.7. The number of hydrogen-bond acceptors (Lipinski definition) is 5. The lowest BCUT2D eigenvalue weighted by Gasteiger charge is -2.15. The monoisotopic (exact) mass is 427 g/mol. The lowest BCUT2D eigenvalue weighted by Crippen LogP contribution is -2.28. The summed E-state index contributed by atoms with van der Waals surface area (Å²) in [7, 11) is -3.47. The Hall–Kier alpha value is -2.55. The van der Waals surface area contributed by atoms with Gasteiger partial charge in [-0.1, -0.05) is 12.1 Å². The molecule has 1 saturated heterocycles. The highest BCUT2D eigenvalue weighted by atomic mass is 32.2. The molecule has 1 aliphatic heterocycles. The fourth-order valence-corrected chi connectivity index (χ4v) is 5.62. The van der Waals surface area contributed by atoms with Gasteiger partial charge in [0.05, 0.1) is 15.5 Å². The zero-order valence-electron chi connectivity index (χ0n) is 15.7. The highest BCUT2D eigenvalue weighted by Crippen LogP contribution is 2.26. The van der Waals surface area contributed by atoms with E-state index >= 15 is 0 Å². The van der Waals surface area contributed by atoms with E-state index in [-0.39, 0.29) is 10.8 Å². The van der Waals surface area contributed by atoms with E-state index in [0.717, 1.165) is 29.0 Å². The third-order valence-electron chi connectivity index (χ3n) is 4.90. The van der Waals surface area contributed by atoms with Gasteiger partial charge in [-0.05, 0) is 60.2 Å². The Balaban J connectivity index is 1.45. The predicted molar refractivity (Wildman–Crippen MR) is 113 cm³/mol. The Morgan fingerprint density at radius 1 is 1.07 bits per heavy atom. The summed E-state index contributed by atoms with van der Waals surface area (Å²) in [6.07, 6.45) is 3.52. The van der Waals surface area contributed by atoms with E-state index in [9.17, 15) is 13.2 Å². The molecule has 0 bridgehead atoms. The van der Waals surface area contributed by atoms with E-state index in [2.05, 4.69) is 10.3 Å². The third-order valence-corrected chi connectivity index (χ3v) is 7.69. The molecular formula is C21H21N3O3S2. The lowest BCUT2D eigenvalue weighted by atomic mass is 10.1. The van der Waals surface area contributed by atoms with E-state index in [4.69, 9.17) is 0 Å². The molecule has 2 aromatic heterocycles. The van der Waals surface area contributed by atoms with Gasteiger partial charge in [0.1, 0.15) is 0 Å². The van der Waals surface area contributed by atoms with E-state index in [1.807, 2.05) is 29.6 Å².